The summed E-state index contributed by atoms with van der Waals surface area (Å²) < 4.78 is 32.1. The molecule has 19 heavy (non-hydrogen) atoms. The van der Waals surface area contributed by atoms with Crippen molar-refractivity contribution < 1.29 is 13.2 Å². The highest BCUT2D eigenvalue weighted by Crippen LogP contribution is 2.24. The topological polar surface area (TPSA) is 81.4 Å². The molecule has 0 radical (unpaired) electrons. The lowest BCUT2D eigenvalue weighted by atomic mass is 10.3. The van der Waals surface area contributed by atoms with Crippen molar-refractivity contribution in [1.29, 1.82) is 0 Å². The zero-order valence-corrected chi connectivity index (χ0v) is 11.9. The summed E-state index contributed by atoms with van der Waals surface area (Å²) in [5.41, 5.74) is 6.73. The van der Waals surface area contributed by atoms with Crippen LogP contribution in [0.4, 0.5) is 5.69 Å². The van der Waals surface area contributed by atoms with Gasteiger partial charge in [-0.15, -0.1) is 11.3 Å². The minimum Gasteiger partial charge on any atom is -0.497 e. The first-order chi connectivity index (χ1) is 9.05. The van der Waals surface area contributed by atoms with Crippen molar-refractivity contribution in [2.45, 2.75) is 10.8 Å². The van der Waals surface area contributed by atoms with E-state index in [9.17, 15) is 8.42 Å². The van der Waals surface area contributed by atoms with Gasteiger partial charge in [0.1, 0.15) is 9.96 Å². The van der Waals surface area contributed by atoms with E-state index in [-0.39, 0.29) is 4.21 Å². The molecule has 0 aliphatic heterocycles. The molecule has 0 spiro atoms. The number of rotatable bonds is 5. The Kier molecular flexibility index (Phi) is 4.08. The van der Waals surface area contributed by atoms with Crippen LogP contribution in [0, 0.1) is 0 Å². The number of nitrogens with one attached hydrogen (secondary N) is 1. The third-order valence-corrected chi connectivity index (χ3v) is 5.32. The van der Waals surface area contributed by atoms with Crippen LogP contribution >= 0.6 is 11.3 Å². The predicted octanol–water partition coefficient (Wildman–Crippen LogP) is 2.02. The zero-order chi connectivity index (χ0) is 13.9. The Morgan fingerprint density at radius 2 is 2.16 bits per heavy atom. The molecule has 0 saturated carbocycles. The fraction of sp³-hybridized carbons (Fsp3) is 0.167. The van der Waals surface area contributed by atoms with Crippen LogP contribution in [0.3, 0.4) is 0 Å². The van der Waals surface area contributed by atoms with Crippen LogP contribution < -0.4 is 15.2 Å². The number of methoxy groups -OCH3 is 1. The first-order valence-corrected chi connectivity index (χ1v) is 7.86. The Bertz CT molecular complexity index is 665. The molecule has 0 atom stereocenters. The van der Waals surface area contributed by atoms with Crippen LogP contribution in [-0.2, 0) is 16.6 Å². The van der Waals surface area contributed by atoms with Crippen molar-refractivity contribution in [1.82, 2.24) is 0 Å². The van der Waals surface area contributed by atoms with Gasteiger partial charge in [-0.05, 0) is 29.1 Å². The maximum absolute atomic E-state index is 12.1. The third kappa shape index (κ3) is 3.25. The van der Waals surface area contributed by atoms with Gasteiger partial charge < -0.3 is 10.5 Å². The van der Waals surface area contributed by atoms with Gasteiger partial charge in [-0.2, -0.15) is 0 Å². The molecule has 0 bridgehead atoms. The minimum atomic E-state index is -3.57. The molecule has 102 valence electrons. The van der Waals surface area contributed by atoms with E-state index in [1.165, 1.54) is 7.11 Å². The summed E-state index contributed by atoms with van der Waals surface area (Å²) in [4.78, 5) is 0. The van der Waals surface area contributed by atoms with Crippen LogP contribution in [0.1, 0.15) is 5.56 Å². The highest BCUT2D eigenvalue weighted by atomic mass is 32.2. The molecule has 2 rings (SSSR count). The van der Waals surface area contributed by atoms with Crippen LogP contribution in [0.2, 0.25) is 0 Å². The molecule has 0 fully saturated rings. The fourth-order valence-electron chi connectivity index (χ4n) is 1.49. The van der Waals surface area contributed by atoms with Crippen LogP contribution in [0.25, 0.3) is 0 Å². The lowest BCUT2D eigenvalue weighted by Gasteiger charge is -2.07. The van der Waals surface area contributed by atoms with Gasteiger partial charge in [0.25, 0.3) is 10.0 Å². The third-order valence-electron chi connectivity index (χ3n) is 2.45. The van der Waals surface area contributed by atoms with E-state index >= 15 is 0 Å². The minimum absolute atomic E-state index is 0.246. The average molecular weight is 298 g/mol. The van der Waals surface area contributed by atoms with Gasteiger partial charge in [-0.1, -0.05) is 6.07 Å². The summed E-state index contributed by atoms with van der Waals surface area (Å²) in [5.74, 6) is 0.592. The molecule has 5 nitrogen and oxygen atoms in total. The monoisotopic (exact) mass is 298 g/mol. The maximum Gasteiger partial charge on any atom is 0.271 e. The van der Waals surface area contributed by atoms with Crippen molar-refractivity contribution in [2.24, 2.45) is 5.73 Å². The number of anilines is 1. The number of hydrogen-bond donors (Lipinski definition) is 2. The Hall–Kier alpha value is -1.57. The van der Waals surface area contributed by atoms with E-state index in [0.717, 1.165) is 16.9 Å². The first-order valence-electron chi connectivity index (χ1n) is 5.49. The molecule has 0 aliphatic carbocycles. The summed E-state index contributed by atoms with van der Waals surface area (Å²) in [6.07, 6.45) is 0. The van der Waals surface area contributed by atoms with Gasteiger partial charge in [0, 0.05) is 12.6 Å². The number of sulfonamides is 1. The molecule has 0 unspecified atom stereocenters. The fourth-order valence-corrected chi connectivity index (χ4v) is 3.76. The summed E-state index contributed by atoms with van der Waals surface area (Å²) in [6, 6.07) is 8.32. The van der Waals surface area contributed by atoms with E-state index in [1.54, 1.807) is 35.7 Å². The second kappa shape index (κ2) is 5.60. The highest BCUT2D eigenvalue weighted by molar-refractivity contribution is 7.94. The summed E-state index contributed by atoms with van der Waals surface area (Å²) in [5, 5.41) is 1.74. The van der Waals surface area contributed by atoms with E-state index in [4.69, 9.17) is 10.5 Å². The molecule has 1 aromatic carbocycles. The SMILES string of the molecule is COc1cccc(NS(=O)(=O)c2cc(CN)cs2)c1. The molecule has 0 saturated heterocycles. The number of ether oxygens (including phenoxy) is 1. The normalized spacial score (nSPS) is 11.3. The summed E-state index contributed by atoms with van der Waals surface area (Å²) in [7, 11) is -2.04. The van der Waals surface area contributed by atoms with E-state index in [1.807, 2.05) is 0 Å². The molecule has 2 aromatic rings. The lowest BCUT2D eigenvalue weighted by Crippen LogP contribution is -2.11. The van der Waals surface area contributed by atoms with Gasteiger partial charge in [0.2, 0.25) is 0 Å². The molecule has 3 N–H and O–H groups in total. The van der Waals surface area contributed by atoms with E-state index in [2.05, 4.69) is 4.72 Å². The van der Waals surface area contributed by atoms with E-state index in [0.29, 0.717) is 18.0 Å². The maximum atomic E-state index is 12.1. The molecule has 1 aromatic heterocycles. The molecule has 0 aliphatic rings. The smallest absolute Gasteiger partial charge is 0.271 e. The Morgan fingerprint density at radius 3 is 2.79 bits per heavy atom. The van der Waals surface area contributed by atoms with Crippen molar-refractivity contribution in [3.63, 3.8) is 0 Å². The Labute approximate surface area is 116 Å². The lowest BCUT2D eigenvalue weighted by molar-refractivity contribution is 0.415. The molecule has 7 heteroatoms. The quantitative estimate of drug-likeness (QED) is 0.885. The van der Waals surface area contributed by atoms with Crippen molar-refractivity contribution in [3.8, 4) is 5.75 Å². The van der Waals surface area contributed by atoms with Crippen molar-refractivity contribution in [2.75, 3.05) is 11.8 Å². The van der Waals surface area contributed by atoms with Crippen LogP contribution in [0.15, 0.2) is 39.9 Å². The standard InChI is InChI=1S/C12H14N2O3S2/c1-17-11-4-2-3-10(6-11)14-19(15,16)12-5-9(7-13)8-18-12/h2-6,8,14H,7,13H2,1H3. The predicted molar refractivity (Wildman–Crippen MR) is 76.0 cm³/mol. The van der Waals surface area contributed by atoms with Crippen LogP contribution in [-0.4, -0.2) is 15.5 Å². The number of thiophene rings is 1. The summed E-state index contributed by atoms with van der Waals surface area (Å²) in [6.45, 7) is 0.325. The summed E-state index contributed by atoms with van der Waals surface area (Å²) >= 11 is 1.15. The van der Waals surface area contributed by atoms with Gasteiger partial charge in [-0.25, -0.2) is 8.42 Å². The van der Waals surface area contributed by atoms with Crippen molar-refractivity contribution in [3.05, 3.63) is 41.3 Å². The van der Waals surface area contributed by atoms with Gasteiger partial charge in [0.05, 0.1) is 12.8 Å². The molecule has 1 heterocycles. The van der Waals surface area contributed by atoms with Gasteiger partial charge >= 0.3 is 0 Å². The van der Waals surface area contributed by atoms with E-state index < -0.39 is 10.0 Å². The first kappa shape index (κ1) is 13.9. The van der Waals surface area contributed by atoms with Crippen molar-refractivity contribution >= 4 is 27.0 Å². The van der Waals surface area contributed by atoms with Gasteiger partial charge in [0.15, 0.2) is 0 Å². The van der Waals surface area contributed by atoms with Gasteiger partial charge in [-0.3, -0.25) is 4.72 Å². The molecular weight excluding hydrogens is 284 g/mol. The number of nitrogens with two attached hydrogens (primary N) is 1. The highest BCUT2D eigenvalue weighted by Gasteiger charge is 2.16. The largest absolute Gasteiger partial charge is 0.497 e. The second-order valence-electron chi connectivity index (χ2n) is 3.82. The Morgan fingerprint density at radius 1 is 1.37 bits per heavy atom. The molecular formula is C12H14N2O3S2. The molecule has 0 amide bonds. The van der Waals surface area contributed by atoms with Crippen LogP contribution in [0.5, 0.6) is 5.75 Å². The average Bonchev–Trinajstić information content (AvgIpc) is 2.88. The zero-order valence-electron chi connectivity index (χ0n) is 10.3. The number of benzene rings is 1. The number of hydrogen-bond acceptors (Lipinski definition) is 5. The Balaban J connectivity index is 2.25. The second-order valence-corrected chi connectivity index (χ2v) is 6.64.